The quantitative estimate of drug-likeness (QED) is 0.701. The van der Waals surface area contributed by atoms with Crippen LogP contribution in [-0.2, 0) is 11.3 Å². The van der Waals surface area contributed by atoms with E-state index in [9.17, 15) is 9.59 Å². The summed E-state index contributed by atoms with van der Waals surface area (Å²) in [4.78, 5) is 24.1. The van der Waals surface area contributed by atoms with E-state index in [0.717, 1.165) is 23.3 Å². The van der Waals surface area contributed by atoms with Gasteiger partial charge in [-0.05, 0) is 48.7 Å². The lowest BCUT2D eigenvalue weighted by Crippen LogP contribution is -2.23. The summed E-state index contributed by atoms with van der Waals surface area (Å²) in [6.07, 6.45) is 1.34. The van der Waals surface area contributed by atoms with Gasteiger partial charge >= 0.3 is 0 Å². The Bertz CT molecular complexity index is 707. The van der Waals surface area contributed by atoms with Gasteiger partial charge in [-0.3, -0.25) is 9.59 Å². The molecule has 0 bridgehead atoms. The van der Waals surface area contributed by atoms with E-state index in [1.807, 2.05) is 38.1 Å². The summed E-state index contributed by atoms with van der Waals surface area (Å²) in [5.41, 5.74) is 2.84. The van der Waals surface area contributed by atoms with Gasteiger partial charge in [-0.2, -0.15) is 0 Å². The maximum atomic E-state index is 12.2. The van der Waals surface area contributed by atoms with Crippen LogP contribution in [0.1, 0.15) is 47.7 Å². The number of benzene rings is 2. The van der Waals surface area contributed by atoms with E-state index >= 15 is 0 Å². The maximum absolute atomic E-state index is 12.2. The summed E-state index contributed by atoms with van der Waals surface area (Å²) < 4.78 is 5.50. The number of carbonyl (C=O) groups is 2. The summed E-state index contributed by atoms with van der Waals surface area (Å²) >= 11 is 0. The molecule has 1 N–H and O–H groups in total. The highest BCUT2D eigenvalue weighted by atomic mass is 16.5. The zero-order chi connectivity index (χ0) is 18.1. The lowest BCUT2D eigenvalue weighted by atomic mass is 10.1. The average Bonchev–Trinajstić information content (AvgIpc) is 2.64. The normalized spacial score (nSPS) is 10.3. The fourth-order valence-electron chi connectivity index (χ4n) is 2.42. The van der Waals surface area contributed by atoms with Crippen molar-refractivity contribution in [1.82, 2.24) is 5.32 Å². The molecule has 0 heterocycles. The van der Waals surface area contributed by atoms with Gasteiger partial charge in [0, 0.05) is 24.9 Å². The van der Waals surface area contributed by atoms with Gasteiger partial charge in [0.1, 0.15) is 5.75 Å². The first-order valence-corrected chi connectivity index (χ1v) is 8.67. The molecule has 0 fully saturated rings. The standard InChI is InChI=1S/C21H25NO3/c1-3-14-25-19-10-8-17(9-11-19)20(23)12-13-21(24)22-15-18-7-5-4-6-16(18)2/h4-11H,3,12-15H2,1-2H3,(H,22,24). The molecule has 0 aromatic heterocycles. The molecular weight excluding hydrogens is 314 g/mol. The van der Waals surface area contributed by atoms with Crippen molar-refractivity contribution in [3.05, 3.63) is 65.2 Å². The van der Waals surface area contributed by atoms with Crippen molar-refractivity contribution >= 4 is 11.7 Å². The number of ether oxygens (including phenoxy) is 1. The number of amides is 1. The molecule has 132 valence electrons. The highest BCUT2D eigenvalue weighted by Gasteiger charge is 2.10. The first kappa shape index (κ1) is 18.7. The van der Waals surface area contributed by atoms with Crippen LogP contribution in [0.2, 0.25) is 0 Å². The second-order valence-corrected chi connectivity index (χ2v) is 6.00. The van der Waals surface area contributed by atoms with E-state index in [1.54, 1.807) is 24.3 Å². The molecular formula is C21H25NO3. The van der Waals surface area contributed by atoms with Crippen molar-refractivity contribution in [2.45, 2.75) is 39.7 Å². The van der Waals surface area contributed by atoms with Gasteiger partial charge in [0.2, 0.25) is 5.91 Å². The van der Waals surface area contributed by atoms with E-state index in [2.05, 4.69) is 5.32 Å². The van der Waals surface area contributed by atoms with Crippen LogP contribution >= 0.6 is 0 Å². The van der Waals surface area contributed by atoms with E-state index < -0.39 is 0 Å². The van der Waals surface area contributed by atoms with E-state index in [-0.39, 0.29) is 24.5 Å². The van der Waals surface area contributed by atoms with Gasteiger partial charge in [0.25, 0.3) is 0 Å². The van der Waals surface area contributed by atoms with Crippen molar-refractivity contribution in [3.8, 4) is 5.75 Å². The molecule has 0 aliphatic rings. The van der Waals surface area contributed by atoms with Gasteiger partial charge < -0.3 is 10.1 Å². The molecule has 0 spiro atoms. The molecule has 2 rings (SSSR count). The van der Waals surface area contributed by atoms with E-state index in [4.69, 9.17) is 4.74 Å². The summed E-state index contributed by atoms with van der Waals surface area (Å²) in [7, 11) is 0. The smallest absolute Gasteiger partial charge is 0.220 e. The predicted octanol–water partition coefficient (Wildman–Crippen LogP) is 4.06. The highest BCUT2D eigenvalue weighted by Crippen LogP contribution is 2.14. The zero-order valence-corrected chi connectivity index (χ0v) is 14.9. The Hall–Kier alpha value is -2.62. The maximum Gasteiger partial charge on any atom is 0.220 e. The summed E-state index contributed by atoms with van der Waals surface area (Å²) in [6, 6.07) is 15.0. The number of rotatable bonds is 9. The Balaban J connectivity index is 1.77. The molecule has 4 nitrogen and oxygen atoms in total. The van der Waals surface area contributed by atoms with Crippen molar-refractivity contribution in [3.63, 3.8) is 0 Å². The van der Waals surface area contributed by atoms with Crippen LogP contribution in [0.25, 0.3) is 0 Å². The molecule has 25 heavy (non-hydrogen) atoms. The Morgan fingerprint density at radius 1 is 1.00 bits per heavy atom. The lowest BCUT2D eigenvalue weighted by Gasteiger charge is -2.08. The molecule has 4 heteroatoms. The monoisotopic (exact) mass is 339 g/mol. The number of ketones is 1. The minimum absolute atomic E-state index is 0.0342. The average molecular weight is 339 g/mol. The van der Waals surface area contributed by atoms with Gasteiger partial charge in [-0.15, -0.1) is 0 Å². The van der Waals surface area contributed by atoms with Crippen LogP contribution in [0.5, 0.6) is 5.75 Å². The van der Waals surface area contributed by atoms with Crippen LogP contribution in [0, 0.1) is 6.92 Å². The zero-order valence-electron chi connectivity index (χ0n) is 14.9. The van der Waals surface area contributed by atoms with E-state index in [0.29, 0.717) is 18.7 Å². The van der Waals surface area contributed by atoms with Crippen LogP contribution in [0.4, 0.5) is 0 Å². The number of aryl methyl sites for hydroxylation is 1. The minimum Gasteiger partial charge on any atom is -0.494 e. The number of hydrogen-bond donors (Lipinski definition) is 1. The van der Waals surface area contributed by atoms with Crippen molar-refractivity contribution in [2.24, 2.45) is 0 Å². The largest absolute Gasteiger partial charge is 0.494 e. The number of nitrogens with one attached hydrogen (secondary N) is 1. The number of carbonyl (C=O) groups excluding carboxylic acids is 2. The molecule has 2 aromatic rings. The third-order valence-electron chi connectivity index (χ3n) is 3.97. The second kappa shape index (κ2) is 9.62. The summed E-state index contributed by atoms with van der Waals surface area (Å²) in [6.45, 7) is 5.21. The predicted molar refractivity (Wildman–Crippen MR) is 98.8 cm³/mol. The van der Waals surface area contributed by atoms with Crippen molar-refractivity contribution < 1.29 is 14.3 Å². The Morgan fingerprint density at radius 2 is 1.72 bits per heavy atom. The Labute approximate surface area is 149 Å². The highest BCUT2D eigenvalue weighted by molar-refractivity contribution is 5.98. The van der Waals surface area contributed by atoms with Crippen LogP contribution in [0.15, 0.2) is 48.5 Å². The molecule has 0 aliphatic carbocycles. The van der Waals surface area contributed by atoms with Crippen LogP contribution in [-0.4, -0.2) is 18.3 Å². The van der Waals surface area contributed by atoms with Crippen molar-refractivity contribution in [2.75, 3.05) is 6.61 Å². The first-order chi connectivity index (χ1) is 12.1. The fraction of sp³-hybridized carbons (Fsp3) is 0.333. The van der Waals surface area contributed by atoms with Gasteiger partial charge in [0.15, 0.2) is 5.78 Å². The molecule has 1 amide bonds. The van der Waals surface area contributed by atoms with Gasteiger partial charge in [0.05, 0.1) is 6.61 Å². The molecule has 0 saturated heterocycles. The number of hydrogen-bond acceptors (Lipinski definition) is 3. The Morgan fingerprint density at radius 3 is 2.40 bits per heavy atom. The van der Waals surface area contributed by atoms with Crippen molar-refractivity contribution in [1.29, 1.82) is 0 Å². The molecule has 2 aromatic carbocycles. The molecule has 0 saturated carbocycles. The third kappa shape index (κ3) is 6.07. The minimum atomic E-state index is -0.112. The Kier molecular flexibility index (Phi) is 7.20. The summed E-state index contributed by atoms with van der Waals surface area (Å²) in [5, 5.41) is 2.87. The lowest BCUT2D eigenvalue weighted by molar-refractivity contribution is -0.121. The molecule has 0 radical (unpaired) electrons. The van der Waals surface area contributed by atoms with Crippen LogP contribution < -0.4 is 10.1 Å². The van der Waals surface area contributed by atoms with Crippen LogP contribution in [0.3, 0.4) is 0 Å². The van der Waals surface area contributed by atoms with Gasteiger partial charge in [-0.1, -0.05) is 31.2 Å². The van der Waals surface area contributed by atoms with E-state index in [1.165, 1.54) is 0 Å². The second-order valence-electron chi connectivity index (χ2n) is 6.00. The molecule has 0 aliphatic heterocycles. The topological polar surface area (TPSA) is 55.4 Å². The SMILES string of the molecule is CCCOc1ccc(C(=O)CCC(=O)NCc2ccccc2C)cc1. The molecule has 0 unspecified atom stereocenters. The fourth-order valence-corrected chi connectivity index (χ4v) is 2.42. The molecule has 0 atom stereocenters. The van der Waals surface area contributed by atoms with Gasteiger partial charge in [-0.25, -0.2) is 0 Å². The third-order valence-corrected chi connectivity index (χ3v) is 3.97. The first-order valence-electron chi connectivity index (χ1n) is 8.67. The number of Topliss-reactive ketones (excluding diaryl/α,β-unsaturated/α-hetero) is 1. The summed E-state index contributed by atoms with van der Waals surface area (Å²) in [5.74, 6) is 0.613.